The minimum Gasteiger partial charge on any atom is -0.457 e. The smallest absolute Gasteiger partial charge is 0.230 e. The normalized spacial score (nSPS) is 11.2. The van der Waals surface area contributed by atoms with Gasteiger partial charge in [0.1, 0.15) is 5.69 Å². The van der Waals surface area contributed by atoms with Crippen LogP contribution in [-0.4, -0.2) is 5.16 Å². The molecule has 2 heterocycles. The number of nitrogens with zero attached hydrogens (tertiary/aromatic N) is 1. The molecule has 21 heavy (non-hydrogen) atoms. The van der Waals surface area contributed by atoms with Gasteiger partial charge in [0.15, 0.2) is 4.67 Å². The van der Waals surface area contributed by atoms with Crippen molar-refractivity contribution >= 4 is 21.8 Å². The Labute approximate surface area is 131 Å². The lowest BCUT2D eigenvalue weighted by Gasteiger charge is -2.07. The summed E-state index contributed by atoms with van der Waals surface area (Å²) in [6.45, 7) is 4.33. The zero-order valence-corrected chi connectivity index (χ0v) is 13.3. The van der Waals surface area contributed by atoms with Crippen molar-refractivity contribution in [3.05, 3.63) is 46.8 Å². The van der Waals surface area contributed by atoms with Gasteiger partial charge in [0.25, 0.3) is 0 Å². The van der Waals surface area contributed by atoms with E-state index in [0.717, 1.165) is 16.7 Å². The molecular weight excluding hydrogens is 332 g/mol. The van der Waals surface area contributed by atoms with Crippen LogP contribution in [0.3, 0.4) is 0 Å². The van der Waals surface area contributed by atoms with Gasteiger partial charge in [-0.1, -0.05) is 43.3 Å². The second-order valence-corrected chi connectivity index (χ2v) is 5.88. The van der Waals surface area contributed by atoms with Crippen LogP contribution in [0.15, 0.2) is 50.2 Å². The molecule has 2 N–H and O–H groups in total. The highest BCUT2D eigenvalue weighted by molar-refractivity contribution is 9.10. The third kappa shape index (κ3) is 2.49. The molecule has 0 atom stereocenters. The Morgan fingerprint density at radius 3 is 2.43 bits per heavy atom. The highest BCUT2D eigenvalue weighted by atomic mass is 79.9. The Bertz CT molecular complexity index is 757. The van der Waals surface area contributed by atoms with E-state index in [0.29, 0.717) is 22.2 Å². The van der Waals surface area contributed by atoms with E-state index in [2.05, 4.69) is 47.1 Å². The number of hydrogen-bond acceptors (Lipinski definition) is 4. The second kappa shape index (κ2) is 5.41. The molecule has 5 heteroatoms. The van der Waals surface area contributed by atoms with E-state index in [4.69, 9.17) is 14.7 Å². The number of halogens is 1. The van der Waals surface area contributed by atoms with Crippen molar-refractivity contribution in [2.45, 2.75) is 19.8 Å². The molecule has 0 unspecified atom stereocenters. The van der Waals surface area contributed by atoms with E-state index in [-0.39, 0.29) is 0 Å². The first-order valence-corrected chi connectivity index (χ1v) is 7.46. The van der Waals surface area contributed by atoms with E-state index in [1.807, 2.05) is 18.2 Å². The lowest BCUT2D eigenvalue weighted by Crippen LogP contribution is -1.90. The first-order chi connectivity index (χ1) is 10.1. The molecule has 0 aliphatic rings. The zero-order chi connectivity index (χ0) is 15.0. The molecule has 4 nitrogen and oxygen atoms in total. The maximum absolute atomic E-state index is 5.95. The Morgan fingerprint density at radius 1 is 1.14 bits per heavy atom. The summed E-state index contributed by atoms with van der Waals surface area (Å²) in [5.74, 6) is 0.789. The van der Waals surface area contributed by atoms with Gasteiger partial charge in [-0.3, -0.25) is 0 Å². The van der Waals surface area contributed by atoms with Crippen molar-refractivity contribution < 1.29 is 8.94 Å². The average molecular weight is 347 g/mol. The second-order valence-electron chi connectivity index (χ2n) is 5.16. The van der Waals surface area contributed by atoms with Crippen molar-refractivity contribution in [1.82, 2.24) is 5.16 Å². The van der Waals surface area contributed by atoms with Crippen LogP contribution in [0.25, 0.3) is 22.4 Å². The van der Waals surface area contributed by atoms with Crippen molar-refractivity contribution in [2.24, 2.45) is 0 Å². The topological polar surface area (TPSA) is 65.2 Å². The molecule has 3 rings (SSSR count). The number of nitrogen functional groups attached to an aromatic ring is 1. The van der Waals surface area contributed by atoms with Crippen LogP contribution in [-0.2, 0) is 0 Å². The fourth-order valence-electron chi connectivity index (χ4n) is 2.26. The van der Waals surface area contributed by atoms with E-state index >= 15 is 0 Å². The maximum atomic E-state index is 5.95. The molecule has 0 saturated carbocycles. The van der Waals surface area contributed by atoms with Gasteiger partial charge in [-0.25, -0.2) is 0 Å². The van der Waals surface area contributed by atoms with Crippen molar-refractivity contribution in [1.29, 1.82) is 0 Å². The summed E-state index contributed by atoms with van der Waals surface area (Å²) in [6.07, 6.45) is 1.59. The summed E-state index contributed by atoms with van der Waals surface area (Å²) >= 11 is 3.36. The van der Waals surface area contributed by atoms with Gasteiger partial charge < -0.3 is 14.7 Å². The summed E-state index contributed by atoms with van der Waals surface area (Å²) in [5, 5.41) is 4.06. The number of rotatable bonds is 3. The summed E-state index contributed by atoms with van der Waals surface area (Å²) in [7, 11) is 0. The van der Waals surface area contributed by atoms with Crippen molar-refractivity contribution in [3.63, 3.8) is 0 Å². The molecule has 0 saturated heterocycles. The van der Waals surface area contributed by atoms with E-state index in [9.17, 15) is 0 Å². The van der Waals surface area contributed by atoms with Crippen LogP contribution in [0.5, 0.6) is 0 Å². The Balaban J connectivity index is 2.10. The Morgan fingerprint density at radius 2 is 1.86 bits per heavy atom. The number of hydrogen-bond donors (Lipinski definition) is 1. The largest absolute Gasteiger partial charge is 0.457 e. The summed E-state index contributed by atoms with van der Waals surface area (Å²) in [6, 6.07) is 10.1. The Hall–Kier alpha value is -2.01. The summed E-state index contributed by atoms with van der Waals surface area (Å²) in [5.41, 5.74) is 10.5. The van der Waals surface area contributed by atoms with E-state index in [1.165, 1.54) is 5.56 Å². The minimum absolute atomic E-state index is 0.301. The number of nitrogens with two attached hydrogens (primary N) is 1. The number of benzene rings is 1. The van der Waals surface area contributed by atoms with Crippen molar-refractivity contribution in [3.8, 4) is 22.4 Å². The highest BCUT2D eigenvalue weighted by Crippen LogP contribution is 2.39. The lowest BCUT2D eigenvalue weighted by atomic mass is 9.97. The van der Waals surface area contributed by atoms with Crippen LogP contribution < -0.4 is 5.73 Å². The summed E-state index contributed by atoms with van der Waals surface area (Å²) in [4.78, 5) is 0. The highest BCUT2D eigenvalue weighted by Gasteiger charge is 2.20. The fourth-order valence-corrected chi connectivity index (χ4v) is 2.69. The molecule has 2 aromatic heterocycles. The van der Waals surface area contributed by atoms with Gasteiger partial charge in [-0.15, -0.1) is 0 Å². The number of aromatic nitrogens is 1. The summed E-state index contributed by atoms with van der Waals surface area (Å²) < 4.78 is 11.0. The Kier molecular flexibility index (Phi) is 3.59. The predicted octanol–water partition coefficient (Wildman–Crippen LogP) is 5.07. The van der Waals surface area contributed by atoms with E-state index < -0.39 is 0 Å². The molecule has 0 radical (unpaired) electrons. The molecule has 0 aliphatic heterocycles. The molecule has 0 bridgehead atoms. The number of anilines is 1. The fraction of sp³-hybridized carbons (Fsp3) is 0.188. The lowest BCUT2D eigenvalue weighted by molar-refractivity contribution is 0.439. The van der Waals surface area contributed by atoms with Gasteiger partial charge >= 0.3 is 0 Å². The first-order valence-electron chi connectivity index (χ1n) is 6.66. The molecule has 3 aromatic rings. The van der Waals surface area contributed by atoms with Crippen LogP contribution >= 0.6 is 15.9 Å². The third-order valence-electron chi connectivity index (χ3n) is 3.46. The SMILES string of the molecule is CC(C)c1ccc(-c2c(-c3ccoc3Br)noc2N)cc1. The van der Waals surface area contributed by atoms with Crippen LogP contribution in [0.1, 0.15) is 25.3 Å². The molecule has 0 spiro atoms. The van der Waals surface area contributed by atoms with Gasteiger partial charge in [0.2, 0.25) is 5.88 Å². The van der Waals surface area contributed by atoms with Gasteiger partial charge in [-0.05, 0) is 39.0 Å². The monoisotopic (exact) mass is 346 g/mol. The average Bonchev–Trinajstić information content (AvgIpc) is 3.04. The quantitative estimate of drug-likeness (QED) is 0.718. The molecule has 0 amide bonds. The minimum atomic E-state index is 0.301. The molecule has 0 fully saturated rings. The molecule has 0 aliphatic carbocycles. The standard InChI is InChI=1S/C16H15BrN2O2/c1-9(2)10-3-5-11(6-4-10)13-14(19-21-16(13)18)12-7-8-20-15(12)17/h3-9H,18H2,1-2H3. The maximum Gasteiger partial charge on any atom is 0.230 e. The molecule has 108 valence electrons. The number of furan rings is 1. The predicted molar refractivity (Wildman–Crippen MR) is 85.8 cm³/mol. The van der Waals surface area contributed by atoms with Gasteiger partial charge in [0.05, 0.1) is 17.4 Å². The zero-order valence-electron chi connectivity index (χ0n) is 11.8. The van der Waals surface area contributed by atoms with E-state index in [1.54, 1.807) is 6.26 Å². The molecule has 1 aromatic carbocycles. The van der Waals surface area contributed by atoms with Crippen LogP contribution in [0, 0.1) is 0 Å². The van der Waals surface area contributed by atoms with Gasteiger partial charge in [-0.2, -0.15) is 0 Å². The van der Waals surface area contributed by atoms with Crippen molar-refractivity contribution in [2.75, 3.05) is 5.73 Å². The molecular formula is C16H15BrN2O2. The van der Waals surface area contributed by atoms with Gasteiger partial charge in [0, 0.05) is 0 Å². The third-order valence-corrected chi connectivity index (χ3v) is 4.07. The van der Waals surface area contributed by atoms with Crippen LogP contribution in [0.2, 0.25) is 0 Å². The first kappa shape index (κ1) is 13.9. The van der Waals surface area contributed by atoms with Crippen LogP contribution in [0.4, 0.5) is 5.88 Å².